The number of carboxylic acid groups (broad SMARTS) is 1. The van der Waals surface area contributed by atoms with Crippen LogP contribution in [0.5, 0.6) is 0 Å². The maximum atomic E-state index is 13.3. The normalized spacial score (nSPS) is 21.9. The summed E-state index contributed by atoms with van der Waals surface area (Å²) in [6, 6.07) is 27.8. The summed E-state index contributed by atoms with van der Waals surface area (Å²) < 4.78 is 39.9. The summed E-state index contributed by atoms with van der Waals surface area (Å²) in [5.74, 6) is -0.538. The summed E-state index contributed by atoms with van der Waals surface area (Å²) >= 11 is 0. The molecule has 0 radical (unpaired) electrons. The lowest BCUT2D eigenvalue weighted by atomic mass is 10.1. The van der Waals surface area contributed by atoms with Gasteiger partial charge in [0.1, 0.15) is 0 Å². The summed E-state index contributed by atoms with van der Waals surface area (Å²) in [5.41, 5.74) is 1.01. The largest absolute Gasteiger partial charge is 0.861 e. The average Bonchev–Trinajstić information content (AvgIpc) is 4.04. The fraction of sp³-hybridized carbons (Fsp3) is 0.306. The van der Waals surface area contributed by atoms with E-state index in [2.05, 4.69) is 15.2 Å². The van der Waals surface area contributed by atoms with E-state index < -0.39 is 23.6 Å². The van der Waals surface area contributed by atoms with Crippen molar-refractivity contribution in [1.82, 2.24) is 15.1 Å². The number of aromatic nitrogens is 2. The predicted molar refractivity (Wildman–Crippen MR) is 171 cm³/mol. The summed E-state index contributed by atoms with van der Waals surface area (Å²) in [4.78, 5) is 30.7. The number of hydrogen-bond donors (Lipinski definition) is 1. The van der Waals surface area contributed by atoms with Gasteiger partial charge in [0.15, 0.2) is 11.6 Å². The van der Waals surface area contributed by atoms with E-state index in [1.807, 2.05) is 65.6 Å². The fourth-order valence-electron chi connectivity index (χ4n) is 6.04. The number of piperazine rings is 1. The first-order valence-corrected chi connectivity index (χ1v) is 15.7. The van der Waals surface area contributed by atoms with Crippen LogP contribution >= 0.6 is 0 Å². The number of carbonyl (C=O) groups excluding carboxylic acids is 1. The highest BCUT2D eigenvalue weighted by molar-refractivity contribution is 5.96. The molecule has 2 aliphatic carbocycles. The van der Waals surface area contributed by atoms with Gasteiger partial charge in [-0.3, -0.25) is 9.59 Å². The Balaban J connectivity index is 0.000000280. The number of hydrogen-bond acceptors (Lipinski definition) is 7. The molecule has 7 rings (SSSR count). The number of amides is 1. The number of carboxylic acids is 1. The van der Waals surface area contributed by atoms with Gasteiger partial charge < -0.3 is 20.0 Å². The lowest BCUT2D eigenvalue weighted by molar-refractivity contribution is -0.220. The Morgan fingerprint density at radius 2 is 1.31 bits per heavy atom. The van der Waals surface area contributed by atoms with Crippen LogP contribution in [-0.2, 0) is 11.0 Å². The number of aliphatic imine (C=N–C) groups is 1. The minimum atomic E-state index is -4.60. The van der Waals surface area contributed by atoms with Gasteiger partial charge in [0.2, 0.25) is 0 Å². The molecule has 0 spiro atoms. The maximum absolute atomic E-state index is 13.3. The lowest BCUT2D eigenvalue weighted by Crippen LogP contribution is -2.49. The second-order valence-corrected chi connectivity index (χ2v) is 12.1. The molecule has 12 heteroatoms. The number of nitrogens with zero attached hydrogens (tertiary/aromatic N) is 5. The highest BCUT2D eigenvalue weighted by Gasteiger charge is 2.44. The smallest absolute Gasteiger partial charge is 0.417 e. The molecule has 3 aliphatic rings. The molecule has 1 aromatic heterocycles. The molecule has 1 saturated heterocycles. The maximum Gasteiger partial charge on any atom is 0.417 e. The van der Waals surface area contributed by atoms with Gasteiger partial charge in [-0.15, -0.1) is 10.2 Å². The minimum absolute atomic E-state index is 0.132. The zero-order valence-electron chi connectivity index (χ0n) is 25.8. The first-order valence-electron chi connectivity index (χ1n) is 15.7. The van der Waals surface area contributed by atoms with Crippen molar-refractivity contribution in [3.63, 3.8) is 0 Å². The molecule has 248 valence electrons. The SMILES string of the molecule is O=C(O)C1CC1c1ccccc1.O=C(c1ccccc1C(F)(F)F)N1CCN(c2ccc(N=C([O-])C3CC3c3ccccc3)nn2)CC1. The van der Waals surface area contributed by atoms with Crippen molar-refractivity contribution >= 4 is 29.4 Å². The molecule has 1 amide bonds. The van der Waals surface area contributed by atoms with Crippen molar-refractivity contribution in [2.45, 2.75) is 30.9 Å². The van der Waals surface area contributed by atoms with Crippen molar-refractivity contribution in [3.8, 4) is 0 Å². The van der Waals surface area contributed by atoms with Gasteiger partial charge in [0, 0.05) is 26.2 Å². The van der Waals surface area contributed by atoms with Crippen LogP contribution in [0.25, 0.3) is 0 Å². The van der Waals surface area contributed by atoms with Crippen LogP contribution in [0, 0.1) is 11.8 Å². The van der Waals surface area contributed by atoms with E-state index in [9.17, 15) is 27.9 Å². The Bertz CT molecular complexity index is 1760. The second kappa shape index (κ2) is 13.8. The third-order valence-electron chi connectivity index (χ3n) is 8.89. The van der Waals surface area contributed by atoms with Crippen molar-refractivity contribution in [3.05, 3.63) is 119 Å². The van der Waals surface area contributed by atoms with Gasteiger partial charge in [-0.1, -0.05) is 72.8 Å². The van der Waals surface area contributed by atoms with Gasteiger partial charge in [0.25, 0.3) is 5.91 Å². The molecule has 4 aromatic rings. The average molecular weight is 657 g/mol. The number of benzene rings is 3. The molecule has 48 heavy (non-hydrogen) atoms. The lowest BCUT2D eigenvalue weighted by Gasteiger charge is -2.35. The number of alkyl halides is 3. The first-order chi connectivity index (χ1) is 23.1. The molecule has 0 bridgehead atoms. The van der Waals surface area contributed by atoms with E-state index in [1.54, 1.807) is 12.1 Å². The molecular formula is C36H33F3N5O4-. The quantitative estimate of drug-likeness (QED) is 0.205. The van der Waals surface area contributed by atoms with E-state index in [4.69, 9.17) is 5.11 Å². The number of rotatable bonds is 7. The molecular weight excluding hydrogens is 623 g/mol. The molecule has 9 nitrogen and oxygen atoms in total. The zero-order chi connectivity index (χ0) is 33.8. The summed E-state index contributed by atoms with van der Waals surface area (Å²) in [5, 5.41) is 29.4. The summed E-state index contributed by atoms with van der Waals surface area (Å²) in [7, 11) is 0. The van der Waals surface area contributed by atoms with E-state index in [0.717, 1.165) is 30.0 Å². The molecule has 2 heterocycles. The van der Waals surface area contributed by atoms with Gasteiger partial charge >= 0.3 is 12.1 Å². The number of halogens is 3. The first kappa shape index (κ1) is 32.7. The van der Waals surface area contributed by atoms with Crippen LogP contribution in [0.2, 0.25) is 0 Å². The van der Waals surface area contributed by atoms with Crippen LogP contribution in [0.4, 0.5) is 24.8 Å². The van der Waals surface area contributed by atoms with Crippen molar-refractivity contribution < 1.29 is 33.0 Å². The van der Waals surface area contributed by atoms with Crippen molar-refractivity contribution in [1.29, 1.82) is 0 Å². The number of aliphatic carboxylic acids is 1. The van der Waals surface area contributed by atoms with Crippen molar-refractivity contribution in [2.75, 3.05) is 31.1 Å². The molecule has 1 N–H and O–H groups in total. The van der Waals surface area contributed by atoms with Gasteiger partial charge in [0.05, 0.1) is 17.0 Å². The standard InChI is InChI=1S/C26H24F3N5O2.C10H10O2/c27-26(28,29)21-9-5-4-8-18(21)25(36)34-14-12-33(13-15-34)23-11-10-22(31-32-23)30-24(35)20-16-19(20)17-6-2-1-3-7-17;11-10(12)9-6-8(9)7-4-2-1-3-5-7/h1-11,19-20H,12-16H2,(H,30,31,35);1-5,8-9H,6H2,(H,11,12)/p-1. The fourth-order valence-corrected chi connectivity index (χ4v) is 6.04. The molecule has 4 unspecified atom stereocenters. The highest BCUT2D eigenvalue weighted by Crippen LogP contribution is 2.48. The van der Waals surface area contributed by atoms with E-state index in [0.29, 0.717) is 18.9 Å². The van der Waals surface area contributed by atoms with Gasteiger partial charge in [-0.2, -0.15) is 13.2 Å². The number of carbonyl (C=O) groups is 2. The van der Waals surface area contributed by atoms with Crippen LogP contribution in [0.15, 0.2) is 102 Å². The molecule has 3 fully saturated rings. The number of anilines is 1. The van der Waals surface area contributed by atoms with Gasteiger partial charge in [-0.05, 0) is 71.9 Å². The molecule has 2 saturated carbocycles. The van der Waals surface area contributed by atoms with Crippen LogP contribution < -0.4 is 10.0 Å². The predicted octanol–water partition coefficient (Wildman–Crippen LogP) is 5.53. The van der Waals surface area contributed by atoms with E-state index in [1.165, 1.54) is 23.1 Å². The van der Waals surface area contributed by atoms with E-state index in [-0.39, 0.29) is 54.0 Å². The van der Waals surface area contributed by atoms with Gasteiger partial charge in [-0.25, -0.2) is 4.99 Å². The Labute approximate surface area is 275 Å². The Morgan fingerprint density at radius 1 is 0.750 bits per heavy atom. The topological polar surface area (TPSA) is 122 Å². The van der Waals surface area contributed by atoms with Crippen LogP contribution in [-0.4, -0.2) is 64.2 Å². The minimum Gasteiger partial charge on any atom is -0.861 e. The Kier molecular flexibility index (Phi) is 9.42. The second-order valence-electron chi connectivity index (χ2n) is 12.1. The monoisotopic (exact) mass is 656 g/mol. The molecule has 1 aliphatic heterocycles. The Hall–Kier alpha value is -5.26. The van der Waals surface area contributed by atoms with Crippen LogP contribution in [0.1, 0.15) is 51.7 Å². The zero-order valence-corrected chi connectivity index (χ0v) is 25.8. The Morgan fingerprint density at radius 3 is 1.85 bits per heavy atom. The third kappa shape index (κ3) is 7.64. The molecule has 3 aromatic carbocycles. The summed E-state index contributed by atoms with van der Waals surface area (Å²) in [6.07, 6.45) is -3.02. The third-order valence-corrected chi connectivity index (χ3v) is 8.89. The summed E-state index contributed by atoms with van der Waals surface area (Å²) in [6.45, 7) is 1.29. The van der Waals surface area contributed by atoms with Crippen LogP contribution in [0.3, 0.4) is 0 Å². The molecule has 4 atom stereocenters. The highest BCUT2D eigenvalue weighted by atomic mass is 19.4. The van der Waals surface area contributed by atoms with Crippen molar-refractivity contribution in [2.24, 2.45) is 16.8 Å². The van der Waals surface area contributed by atoms with E-state index >= 15 is 0 Å².